The van der Waals surface area contributed by atoms with Gasteiger partial charge in [-0.1, -0.05) is 6.92 Å². The number of hydrogen-bond acceptors (Lipinski definition) is 5. The van der Waals surface area contributed by atoms with Gasteiger partial charge in [-0.3, -0.25) is 4.52 Å². The molecule has 0 rings (SSSR count). The van der Waals surface area contributed by atoms with Gasteiger partial charge in [0.2, 0.25) is 0 Å². The molecule has 0 radical (unpaired) electrons. The van der Waals surface area contributed by atoms with Crippen LogP contribution >= 0.6 is 18.2 Å². The van der Waals surface area contributed by atoms with Crippen LogP contribution in [0.2, 0.25) is 0 Å². The molecule has 0 aliphatic rings. The Morgan fingerprint density at radius 2 is 2.20 bits per heavy atom. The zero-order valence-corrected chi connectivity index (χ0v) is 10.7. The van der Waals surface area contributed by atoms with Gasteiger partial charge in [-0.25, -0.2) is 4.57 Å². The lowest BCUT2D eigenvalue weighted by Gasteiger charge is -2.09. The van der Waals surface area contributed by atoms with Gasteiger partial charge in [0.25, 0.3) is 0 Å². The van der Waals surface area contributed by atoms with E-state index in [1.165, 1.54) is 0 Å². The Balaban J connectivity index is 3.36. The second-order valence-electron chi connectivity index (χ2n) is 2.92. The molecule has 0 heterocycles. The summed E-state index contributed by atoms with van der Waals surface area (Å²) in [7, 11) is 0. The number of aliphatic hydroxyl groups excluding tert-OH is 1. The standard InChI is InChI=1S/C8H20NO4PS/c1-2-9-5-3-4-8-15-14(11,12)13-7-6-10/h9-10H,2-8H2,1H3,(H,11,12). The lowest BCUT2D eigenvalue weighted by molar-refractivity contribution is 0.190. The molecule has 1 unspecified atom stereocenters. The van der Waals surface area contributed by atoms with Crippen LogP contribution in [0.5, 0.6) is 0 Å². The Labute approximate surface area is 94.9 Å². The van der Waals surface area contributed by atoms with Crippen LogP contribution in [0.15, 0.2) is 0 Å². The predicted octanol–water partition coefficient (Wildman–Crippen LogP) is 1.22. The maximum Gasteiger partial charge on any atom is 0.386 e. The van der Waals surface area contributed by atoms with Gasteiger partial charge in [0.05, 0.1) is 13.2 Å². The summed E-state index contributed by atoms with van der Waals surface area (Å²) in [4.78, 5) is 9.22. The topological polar surface area (TPSA) is 78.8 Å². The van der Waals surface area contributed by atoms with Crippen molar-refractivity contribution in [2.75, 3.05) is 32.1 Å². The van der Waals surface area contributed by atoms with E-state index >= 15 is 0 Å². The normalized spacial score (nSPS) is 15.1. The molecule has 0 aliphatic carbocycles. The molecule has 0 aliphatic heterocycles. The molecule has 1 atom stereocenters. The molecule has 92 valence electrons. The third-order valence-electron chi connectivity index (χ3n) is 1.60. The van der Waals surface area contributed by atoms with Gasteiger partial charge in [0.15, 0.2) is 0 Å². The number of unbranched alkanes of at least 4 members (excludes halogenated alkanes) is 1. The molecular formula is C8H20NO4PS. The SMILES string of the molecule is CCNCCCCSP(=O)(O)OCCO. The van der Waals surface area contributed by atoms with Gasteiger partial charge < -0.3 is 15.3 Å². The molecule has 0 aromatic rings. The van der Waals surface area contributed by atoms with E-state index in [4.69, 9.17) is 5.11 Å². The highest BCUT2D eigenvalue weighted by molar-refractivity contribution is 8.54. The lowest BCUT2D eigenvalue weighted by atomic mass is 10.3. The van der Waals surface area contributed by atoms with Crippen molar-refractivity contribution >= 4 is 18.2 Å². The molecule has 0 fully saturated rings. The number of rotatable bonds is 10. The molecular weight excluding hydrogens is 237 g/mol. The molecule has 5 nitrogen and oxygen atoms in total. The maximum absolute atomic E-state index is 11.2. The number of nitrogens with one attached hydrogen (secondary N) is 1. The minimum absolute atomic E-state index is 0.0852. The second kappa shape index (κ2) is 9.63. The van der Waals surface area contributed by atoms with Crippen LogP contribution in [0.1, 0.15) is 19.8 Å². The van der Waals surface area contributed by atoms with Gasteiger partial charge in [-0.2, -0.15) is 0 Å². The Hall–Kier alpha value is 0.420. The van der Waals surface area contributed by atoms with E-state index in [1.807, 2.05) is 6.92 Å². The monoisotopic (exact) mass is 257 g/mol. The highest BCUT2D eigenvalue weighted by atomic mass is 32.7. The molecule has 3 N–H and O–H groups in total. The van der Waals surface area contributed by atoms with Crippen molar-refractivity contribution < 1.29 is 19.1 Å². The zero-order chi connectivity index (χ0) is 11.6. The van der Waals surface area contributed by atoms with Crippen LogP contribution in [0, 0.1) is 0 Å². The highest BCUT2D eigenvalue weighted by Gasteiger charge is 2.18. The van der Waals surface area contributed by atoms with Gasteiger partial charge in [0, 0.05) is 5.75 Å². The van der Waals surface area contributed by atoms with Gasteiger partial charge in [0.1, 0.15) is 0 Å². The third kappa shape index (κ3) is 10.7. The Kier molecular flexibility index (Phi) is 9.90. The quantitative estimate of drug-likeness (QED) is 0.403. The number of hydrogen-bond donors (Lipinski definition) is 3. The molecule has 0 saturated heterocycles. The minimum atomic E-state index is -3.53. The first kappa shape index (κ1) is 15.4. The van der Waals surface area contributed by atoms with Crippen LogP contribution in [0.4, 0.5) is 0 Å². The summed E-state index contributed by atoms with van der Waals surface area (Å²) < 4.78 is 15.8. The fourth-order valence-corrected chi connectivity index (χ4v) is 3.38. The summed E-state index contributed by atoms with van der Waals surface area (Å²) in [6.07, 6.45) is 1.87. The summed E-state index contributed by atoms with van der Waals surface area (Å²) in [5.74, 6) is 0.602. The summed E-state index contributed by atoms with van der Waals surface area (Å²) in [6.45, 7) is 0.0814. The average Bonchev–Trinajstić information content (AvgIpc) is 2.20. The molecule has 0 aromatic carbocycles. The Morgan fingerprint density at radius 1 is 1.47 bits per heavy atom. The third-order valence-corrected chi connectivity index (χ3v) is 4.75. The first-order chi connectivity index (χ1) is 7.12. The maximum atomic E-state index is 11.2. The second-order valence-corrected chi connectivity index (χ2v) is 6.94. The first-order valence-corrected chi connectivity index (χ1v) is 8.22. The van der Waals surface area contributed by atoms with Crippen LogP contribution < -0.4 is 5.32 Å². The van der Waals surface area contributed by atoms with Crippen molar-refractivity contribution in [1.82, 2.24) is 5.32 Å². The average molecular weight is 257 g/mol. The van der Waals surface area contributed by atoms with Crippen molar-refractivity contribution in [2.24, 2.45) is 0 Å². The summed E-state index contributed by atoms with van der Waals surface area (Å²) in [5.41, 5.74) is 0. The van der Waals surface area contributed by atoms with E-state index in [0.29, 0.717) is 5.75 Å². The number of aliphatic hydroxyl groups is 1. The molecule has 0 aromatic heterocycles. The van der Waals surface area contributed by atoms with Crippen LogP contribution in [-0.2, 0) is 9.09 Å². The van der Waals surface area contributed by atoms with Crippen molar-refractivity contribution in [1.29, 1.82) is 0 Å². The van der Waals surface area contributed by atoms with Crippen LogP contribution in [-0.4, -0.2) is 42.1 Å². The highest BCUT2D eigenvalue weighted by Crippen LogP contribution is 2.55. The van der Waals surface area contributed by atoms with Crippen LogP contribution in [0.25, 0.3) is 0 Å². The summed E-state index contributed by atoms with van der Waals surface area (Å²) >= 11 is 0.927. The molecule has 0 bridgehead atoms. The summed E-state index contributed by atoms with van der Waals surface area (Å²) in [6, 6.07) is 0. The van der Waals surface area contributed by atoms with Gasteiger partial charge >= 0.3 is 6.80 Å². The van der Waals surface area contributed by atoms with Crippen molar-refractivity contribution in [3.8, 4) is 0 Å². The van der Waals surface area contributed by atoms with Crippen molar-refractivity contribution in [2.45, 2.75) is 19.8 Å². The van der Waals surface area contributed by atoms with E-state index in [1.54, 1.807) is 0 Å². The van der Waals surface area contributed by atoms with Gasteiger partial charge in [-0.15, -0.1) is 0 Å². The van der Waals surface area contributed by atoms with Crippen molar-refractivity contribution in [3.63, 3.8) is 0 Å². The van der Waals surface area contributed by atoms with Crippen molar-refractivity contribution in [3.05, 3.63) is 0 Å². The Morgan fingerprint density at radius 3 is 2.80 bits per heavy atom. The lowest BCUT2D eigenvalue weighted by Crippen LogP contribution is -2.13. The zero-order valence-electron chi connectivity index (χ0n) is 9.02. The van der Waals surface area contributed by atoms with E-state index in [9.17, 15) is 9.46 Å². The fraction of sp³-hybridized carbons (Fsp3) is 1.00. The largest absolute Gasteiger partial charge is 0.394 e. The molecule has 7 heteroatoms. The molecule has 15 heavy (non-hydrogen) atoms. The van der Waals surface area contributed by atoms with E-state index in [2.05, 4.69) is 9.84 Å². The summed E-state index contributed by atoms with van der Waals surface area (Å²) in [5, 5.41) is 11.6. The molecule has 0 amide bonds. The smallest absolute Gasteiger partial charge is 0.386 e. The van der Waals surface area contributed by atoms with E-state index in [-0.39, 0.29) is 13.2 Å². The predicted molar refractivity (Wildman–Crippen MR) is 63.1 cm³/mol. The first-order valence-electron chi connectivity index (χ1n) is 5.06. The van der Waals surface area contributed by atoms with E-state index in [0.717, 1.165) is 37.3 Å². The van der Waals surface area contributed by atoms with Gasteiger partial charge in [-0.05, 0) is 37.3 Å². The van der Waals surface area contributed by atoms with E-state index < -0.39 is 6.80 Å². The van der Waals surface area contributed by atoms with Crippen LogP contribution in [0.3, 0.4) is 0 Å². The fourth-order valence-electron chi connectivity index (χ4n) is 0.902. The Bertz CT molecular complexity index is 193. The molecule has 0 saturated carbocycles. The molecule has 0 spiro atoms. The minimum Gasteiger partial charge on any atom is -0.394 e.